The summed E-state index contributed by atoms with van der Waals surface area (Å²) in [6.07, 6.45) is 1.02. The molecule has 5 heteroatoms. The first-order chi connectivity index (χ1) is 8.15. The van der Waals surface area contributed by atoms with Crippen molar-refractivity contribution in [2.24, 2.45) is 0 Å². The Labute approximate surface area is 109 Å². The molecule has 0 spiro atoms. The van der Waals surface area contributed by atoms with Crippen LogP contribution in [0.15, 0.2) is 24.3 Å². The van der Waals surface area contributed by atoms with Crippen molar-refractivity contribution in [3.63, 3.8) is 0 Å². The molecule has 0 aromatic heterocycles. The number of carbonyl (C=O) groups is 2. The zero-order valence-electron chi connectivity index (χ0n) is 9.11. The van der Waals surface area contributed by atoms with E-state index in [2.05, 4.69) is 5.32 Å². The number of nitrogens with one attached hydrogen (secondary N) is 1. The Morgan fingerprint density at radius 2 is 2.12 bits per heavy atom. The van der Waals surface area contributed by atoms with Crippen LogP contribution in [0.25, 0.3) is 0 Å². The van der Waals surface area contributed by atoms with Crippen LogP contribution >= 0.6 is 23.4 Å². The Hall–Kier alpha value is -1.00. The van der Waals surface area contributed by atoms with E-state index in [4.69, 9.17) is 11.6 Å². The van der Waals surface area contributed by atoms with Crippen LogP contribution in [-0.4, -0.2) is 22.8 Å². The number of rotatable bonds is 3. The molecular weight excluding hydrogens is 258 g/mol. The number of carbonyl (C=O) groups excluding carboxylic acids is 2. The van der Waals surface area contributed by atoms with Crippen molar-refractivity contribution in [3.8, 4) is 0 Å². The third-order valence-electron chi connectivity index (χ3n) is 2.55. The fourth-order valence-electron chi connectivity index (χ4n) is 1.66. The van der Waals surface area contributed by atoms with Crippen molar-refractivity contribution < 1.29 is 9.59 Å². The molecule has 1 aliphatic rings. The lowest BCUT2D eigenvalue weighted by Crippen LogP contribution is -2.38. The largest absolute Gasteiger partial charge is 0.345 e. The van der Waals surface area contributed by atoms with Crippen LogP contribution in [0.3, 0.4) is 0 Å². The summed E-state index contributed by atoms with van der Waals surface area (Å²) in [6, 6.07) is 6.82. The highest BCUT2D eigenvalue weighted by atomic mass is 35.5. The summed E-state index contributed by atoms with van der Waals surface area (Å²) < 4.78 is 0. The summed E-state index contributed by atoms with van der Waals surface area (Å²) in [5.74, 6) is 0.679. The summed E-state index contributed by atoms with van der Waals surface area (Å²) in [4.78, 5) is 23.0. The first-order valence-electron chi connectivity index (χ1n) is 5.35. The van der Waals surface area contributed by atoms with Gasteiger partial charge in [-0.25, -0.2) is 0 Å². The Kier molecular flexibility index (Phi) is 4.07. The van der Waals surface area contributed by atoms with Gasteiger partial charge in [0.1, 0.15) is 0 Å². The van der Waals surface area contributed by atoms with E-state index < -0.39 is 0 Å². The van der Waals surface area contributed by atoms with Gasteiger partial charge in [0, 0.05) is 10.8 Å². The van der Waals surface area contributed by atoms with E-state index in [1.807, 2.05) is 12.1 Å². The van der Waals surface area contributed by atoms with Gasteiger partial charge in [-0.2, -0.15) is 0 Å². The van der Waals surface area contributed by atoms with Gasteiger partial charge in [-0.05, 0) is 24.1 Å². The van der Waals surface area contributed by atoms with Crippen molar-refractivity contribution in [2.45, 2.75) is 18.9 Å². The molecule has 3 nitrogen and oxygen atoms in total. The molecule has 2 rings (SSSR count). The monoisotopic (exact) mass is 269 g/mol. The van der Waals surface area contributed by atoms with Crippen molar-refractivity contribution in [2.75, 3.05) is 5.75 Å². The van der Waals surface area contributed by atoms with Gasteiger partial charge in [-0.15, -0.1) is 0 Å². The molecule has 1 heterocycles. The molecule has 0 unspecified atom stereocenters. The van der Waals surface area contributed by atoms with Crippen molar-refractivity contribution >= 4 is 34.4 Å². The van der Waals surface area contributed by atoms with Crippen LogP contribution in [-0.2, 0) is 16.0 Å². The second-order valence-corrected chi connectivity index (χ2v) is 5.42. The highest BCUT2D eigenvalue weighted by Crippen LogP contribution is 2.19. The Balaban J connectivity index is 1.88. The first kappa shape index (κ1) is 12.5. The maximum atomic E-state index is 11.7. The second kappa shape index (κ2) is 5.56. The van der Waals surface area contributed by atoms with Crippen LogP contribution in [0, 0.1) is 0 Å². The molecule has 1 N–H and O–H groups in total. The van der Waals surface area contributed by atoms with Crippen LogP contribution < -0.4 is 5.32 Å². The normalized spacial score (nSPS) is 19.4. The van der Waals surface area contributed by atoms with Gasteiger partial charge < -0.3 is 5.32 Å². The lowest BCUT2D eigenvalue weighted by Gasteiger charge is -2.09. The lowest BCUT2D eigenvalue weighted by atomic mass is 10.1. The highest BCUT2D eigenvalue weighted by Gasteiger charge is 2.26. The van der Waals surface area contributed by atoms with Gasteiger partial charge >= 0.3 is 0 Å². The van der Waals surface area contributed by atoms with E-state index in [1.54, 1.807) is 12.1 Å². The summed E-state index contributed by atoms with van der Waals surface area (Å²) in [6.45, 7) is 0. The zero-order chi connectivity index (χ0) is 12.3. The number of benzene rings is 1. The fourth-order valence-corrected chi connectivity index (χ4v) is 2.72. The number of hydrogen-bond donors (Lipinski definition) is 1. The van der Waals surface area contributed by atoms with E-state index in [-0.39, 0.29) is 23.5 Å². The highest BCUT2D eigenvalue weighted by molar-refractivity contribution is 8.14. The van der Waals surface area contributed by atoms with Gasteiger partial charge in [0.15, 0.2) is 0 Å². The van der Waals surface area contributed by atoms with Crippen LogP contribution in [0.2, 0.25) is 5.02 Å². The molecule has 17 heavy (non-hydrogen) atoms. The van der Waals surface area contributed by atoms with Gasteiger partial charge in [0.2, 0.25) is 11.0 Å². The van der Waals surface area contributed by atoms with E-state index in [9.17, 15) is 9.59 Å². The third kappa shape index (κ3) is 3.48. The van der Waals surface area contributed by atoms with E-state index in [1.165, 1.54) is 11.8 Å². The average molecular weight is 270 g/mol. The maximum Gasteiger partial charge on any atom is 0.225 e. The van der Waals surface area contributed by atoms with Crippen LogP contribution in [0.4, 0.5) is 0 Å². The predicted molar refractivity (Wildman–Crippen MR) is 69.2 cm³/mol. The summed E-state index contributed by atoms with van der Waals surface area (Å²) in [5, 5.41) is 3.46. The fraction of sp³-hybridized carbons (Fsp3) is 0.333. The van der Waals surface area contributed by atoms with E-state index >= 15 is 0 Å². The molecule has 1 aromatic carbocycles. The zero-order valence-corrected chi connectivity index (χ0v) is 10.7. The van der Waals surface area contributed by atoms with E-state index in [0.29, 0.717) is 5.02 Å². The smallest absolute Gasteiger partial charge is 0.225 e. The van der Waals surface area contributed by atoms with Crippen LogP contribution in [0.1, 0.15) is 12.0 Å². The summed E-state index contributed by atoms with van der Waals surface area (Å²) >= 11 is 7.04. The van der Waals surface area contributed by atoms with Gasteiger partial charge in [0.25, 0.3) is 0 Å². The molecule has 1 atom stereocenters. The van der Waals surface area contributed by atoms with Crippen molar-refractivity contribution in [1.82, 2.24) is 5.32 Å². The Bertz CT molecular complexity index is 433. The first-order valence-corrected chi connectivity index (χ1v) is 6.72. The molecular formula is C12H12ClNO2S. The molecule has 1 fully saturated rings. The number of thioether (sulfide) groups is 1. The lowest BCUT2D eigenvalue weighted by molar-refractivity contribution is -0.124. The molecule has 1 saturated heterocycles. The standard InChI is InChI=1S/C12H12ClNO2S/c13-9-3-1-8(2-4-9)7-11(15)14-10-5-6-17-12(10)16/h1-4,10H,5-7H2,(H,14,15)/t10-/m0/s1. The second-order valence-electron chi connectivity index (χ2n) is 3.88. The van der Waals surface area contributed by atoms with Crippen molar-refractivity contribution in [3.05, 3.63) is 34.9 Å². The molecule has 0 radical (unpaired) electrons. The van der Waals surface area contributed by atoms with E-state index in [0.717, 1.165) is 17.7 Å². The van der Waals surface area contributed by atoms with Crippen LogP contribution in [0.5, 0.6) is 0 Å². The molecule has 0 aliphatic carbocycles. The number of hydrogen-bond acceptors (Lipinski definition) is 3. The minimum atomic E-state index is -0.306. The minimum Gasteiger partial charge on any atom is -0.345 e. The van der Waals surface area contributed by atoms with Gasteiger partial charge in [-0.1, -0.05) is 35.5 Å². The molecule has 1 amide bonds. The number of amides is 1. The SMILES string of the molecule is O=C(Cc1ccc(Cl)cc1)N[C@H]1CCSC1=O. The Morgan fingerprint density at radius 1 is 1.41 bits per heavy atom. The minimum absolute atomic E-state index is 0.0643. The molecule has 0 bridgehead atoms. The quantitative estimate of drug-likeness (QED) is 0.913. The van der Waals surface area contributed by atoms with Crippen molar-refractivity contribution in [1.29, 1.82) is 0 Å². The molecule has 1 aromatic rings. The molecule has 90 valence electrons. The topological polar surface area (TPSA) is 46.2 Å². The Morgan fingerprint density at radius 3 is 2.71 bits per heavy atom. The summed E-state index contributed by atoms with van der Waals surface area (Å²) in [5.41, 5.74) is 0.894. The maximum absolute atomic E-state index is 11.7. The summed E-state index contributed by atoms with van der Waals surface area (Å²) in [7, 11) is 0. The average Bonchev–Trinajstić information content (AvgIpc) is 2.68. The molecule has 0 saturated carbocycles. The predicted octanol–water partition coefficient (Wildman–Crippen LogP) is 2.03. The number of halogens is 1. The van der Waals surface area contributed by atoms with Gasteiger partial charge in [0.05, 0.1) is 12.5 Å². The third-order valence-corrected chi connectivity index (χ3v) is 3.81. The molecule has 1 aliphatic heterocycles. The van der Waals surface area contributed by atoms with Gasteiger partial charge in [-0.3, -0.25) is 9.59 Å².